The number of hydrogen-bond donors (Lipinski definition) is 0. The number of rotatable bonds is 7. The number of hydrogen-bond acceptors (Lipinski definition) is 2. The average Bonchev–Trinajstić information content (AvgIpc) is 2.34. The van der Waals surface area contributed by atoms with E-state index in [0.29, 0.717) is 6.04 Å². The Morgan fingerprint density at radius 2 is 1.78 bits per heavy atom. The van der Waals surface area contributed by atoms with Gasteiger partial charge < -0.3 is 4.90 Å². The number of benzene rings is 1. The first-order chi connectivity index (χ1) is 8.56. The van der Waals surface area contributed by atoms with Gasteiger partial charge in [0.1, 0.15) is 0 Å². The molecule has 1 aromatic carbocycles. The Morgan fingerprint density at radius 1 is 1.17 bits per heavy atom. The Labute approximate surface area is 111 Å². The van der Waals surface area contributed by atoms with E-state index in [1.165, 1.54) is 24.9 Å². The lowest BCUT2D eigenvalue weighted by Gasteiger charge is -2.29. The van der Waals surface area contributed by atoms with E-state index in [2.05, 4.69) is 37.8 Å². The van der Waals surface area contributed by atoms with Crippen molar-refractivity contribution in [3.05, 3.63) is 29.8 Å². The molecule has 0 aromatic heterocycles. The van der Waals surface area contributed by atoms with Crippen molar-refractivity contribution in [2.45, 2.75) is 53.0 Å². The highest BCUT2D eigenvalue weighted by atomic mass is 16.1. The minimum Gasteiger partial charge on any atom is -0.369 e. The lowest BCUT2D eigenvalue weighted by atomic mass is 10.1. The predicted molar refractivity (Wildman–Crippen MR) is 78.5 cm³/mol. The normalized spacial score (nSPS) is 10.7. The summed E-state index contributed by atoms with van der Waals surface area (Å²) in [5.41, 5.74) is 2.00. The second-order valence-corrected chi connectivity index (χ2v) is 5.10. The van der Waals surface area contributed by atoms with Gasteiger partial charge in [-0.05, 0) is 51.5 Å². The summed E-state index contributed by atoms with van der Waals surface area (Å²) in [5, 5.41) is 0. The number of ketones is 1. The Hall–Kier alpha value is -1.31. The topological polar surface area (TPSA) is 20.3 Å². The standard InChI is InChI=1S/C16H25NO/c1-5-6-7-12-17(13(2)3)16-10-8-15(9-11-16)14(4)18/h8-11,13H,5-7,12H2,1-4H3. The van der Waals surface area contributed by atoms with Crippen LogP contribution in [0.4, 0.5) is 5.69 Å². The highest BCUT2D eigenvalue weighted by Crippen LogP contribution is 2.19. The zero-order valence-corrected chi connectivity index (χ0v) is 12.1. The number of carbonyl (C=O) groups is 1. The summed E-state index contributed by atoms with van der Waals surface area (Å²) in [6.45, 7) is 9.35. The maximum absolute atomic E-state index is 11.3. The molecule has 0 amide bonds. The average molecular weight is 247 g/mol. The van der Waals surface area contributed by atoms with E-state index in [9.17, 15) is 4.79 Å². The zero-order valence-electron chi connectivity index (χ0n) is 12.1. The van der Waals surface area contributed by atoms with E-state index in [4.69, 9.17) is 0 Å². The highest BCUT2D eigenvalue weighted by Gasteiger charge is 2.10. The SMILES string of the molecule is CCCCCN(c1ccc(C(C)=O)cc1)C(C)C. The van der Waals surface area contributed by atoms with Gasteiger partial charge in [-0.25, -0.2) is 0 Å². The first-order valence-electron chi connectivity index (χ1n) is 6.94. The molecule has 1 aromatic rings. The number of Topliss-reactive ketones (excluding diaryl/α,β-unsaturated/α-hetero) is 1. The molecule has 0 atom stereocenters. The van der Waals surface area contributed by atoms with Crippen molar-refractivity contribution in [2.24, 2.45) is 0 Å². The smallest absolute Gasteiger partial charge is 0.159 e. The maximum Gasteiger partial charge on any atom is 0.159 e. The summed E-state index contributed by atoms with van der Waals surface area (Å²) in [5.74, 6) is 0.128. The van der Waals surface area contributed by atoms with E-state index >= 15 is 0 Å². The molecule has 0 spiro atoms. The molecular weight excluding hydrogens is 222 g/mol. The number of nitrogens with zero attached hydrogens (tertiary/aromatic N) is 1. The molecule has 0 aliphatic heterocycles. The highest BCUT2D eigenvalue weighted by molar-refractivity contribution is 5.94. The zero-order chi connectivity index (χ0) is 13.5. The van der Waals surface area contributed by atoms with Crippen LogP contribution in [0.15, 0.2) is 24.3 Å². The van der Waals surface area contributed by atoms with Gasteiger partial charge in [-0.15, -0.1) is 0 Å². The minimum atomic E-state index is 0.128. The van der Waals surface area contributed by atoms with E-state index in [1.807, 2.05) is 12.1 Å². The molecule has 0 heterocycles. The van der Waals surface area contributed by atoms with Crippen molar-refractivity contribution in [3.63, 3.8) is 0 Å². The molecule has 0 unspecified atom stereocenters. The summed E-state index contributed by atoms with van der Waals surface area (Å²) in [7, 11) is 0. The van der Waals surface area contributed by atoms with E-state index in [-0.39, 0.29) is 5.78 Å². The molecule has 100 valence electrons. The summed E-state index contributed by atoms with van der Waals surface area (Å²) >= 11 is 0. The first kappa shape index (κ1) is 14.7. The van der Waals surface area contributed by atoms with Crippen LogP contribution >= 0.6 is 0 Å². The molecule has 0 aliphatic rings. The maximum atomic E-state index is 11.3. The van der Waals surface area contributed by atoms with E-state index in [0.717, 1.165) is 12.1 Å². The van der Waals surface area contributed by atoms with Crippen molar-refractivity contribution in [1.82, 2.24) is 0 Å². The van der Waals surface area contributed by atoms with Gasteiger partial charge in [-0.1, -0.05) is 19.8 Å². The van der Waals surface area contributed by atoms with Crippen LogP contribution < -0.4 is 4.90 Å². The third-order valence-corrected chi connectivity index (χ3v) is 3.23. The molecule has 0 saturated carbocycles. The van der Waals surface area contributed by atoms with Gasteiger partial charge in [0.15, 0.2) is 5.78 Å². The summed E-state index contributed by atoms with van der Waals surface area (Å²) < 4.78 is 0. The third kappa shape index (κ3) is 4.17. The van der Waals surface area contributed by atoms with E-state index in [1.54, 1.807) is 6.92 Å². The molecule has 2 heteroatoms. The molecule has 0 N–H and O–H groups in total. The Morgan fingerprint density at radius 3 is 2.22 bits per heavy atom. The molecule has 0 fully saturated rings. The van der Waals surface area contributed by atoms with Crippen LogP contribution in [0.25, 0.3) is 0 Å². The van der Waals surface area contributed by atoms with Crippen molar-refractivity contribution in [3.8, 4) is 0 Å². The summed E-state index contributed by atoms with van der Waals surface area (Å²) in [4.78, 5) is 13.7. The molecular formula is C16H25NO. The second kappa shape index (κ2) is 7.20. The van der Waals surface area contributed by atoms with Crippen LogP contribution in [0.1, 0.15) is 57.3 Å². The first-order valence-corrected chi connectivity index (χ1v) is 6.94. The Kier molecular flexibility index (Phi) is 5.90. The van der Waals surface area contributed by atoms with Crippen LogP contribution in [-0.2, 0) is 0 Å². The lowest BCUT2D eigenvalue weighted by molar-refractivity contribution is 0.101. The second-order valence-electron chi connectivity index (χ2n) is 5.10. The van der Waals surface area contributed by atoms with Crippen LogP contribution in [-0.4, -0.2) is 18.4 Å². The Bertz CT molecular complexity index is 367. The molecule has 0 aliphatic carbocycles. The molecule has 0 saturated heterocycles. The van der Waals surface area contributed by atoms with Crippen LogP contribution in [0.3, 0.4) is 0 Å². The minimum absolute atomic E-state index is 0.128. The Balaban J connectivity index is 2.75. The van der Waals surface area contributed by atoms with Gasteiger partial charge in [0.25, 0.3) is 0 Å². The quantitative estimate of drug-likeness (QED) is 0.529. The summed E-state index contributed by atoms with van der Waals surface area (Å²) in [6.07, 6.45) is 3.74. The molecule has 1 rings (SSSR count). The van der Waals surface area contributed by atoms with Crippen molar-refractivity contribution in [2.75, 3.05) is 11.4 Å². The van der Waals surface area contributed by atoms with Crippen molar-refractivity contribution in [1.29, 1.82) is 0 Å². The fourth-order valence-corrected chi connectivity index (χ4v) is 2.11. The van der Waals surface area contributed by atoms with Gasteiger partial charge in [0.05, 0.1) is 0 Å². The molecule has 0 radical (unpaired) electrons. The number of carbonyl (C=O) groups excluding carboxylic acids is 1. The predicted octanol–water partition coefficient (Wildman–Crippen LogP) is 4.29. The van der Waals surface area contributed by atoms with Gasteiger partial charge in [-0.3, -0.25) is 4.79 Å². The van der Waals surface area contributed by atoms with Crippen molar-refractivity contribution < 1.29 is 4.79 Å². The van der Waals surface area contributed by atoms with Crippen LogP contribution in [0.2, 0.25) is 0 Å². The fraction of sp³-hybridized carbons (Fsp3) is 0.562. The van der Waals surface area contributed by atoms with Crippen LogP contribution in [0.5, 0.6) is 0 Å². The molecule has 2 nitrogen and oxygen atoms in total. The number of unbranched alkanes of at least 4 members (excludes halogenated alkanes) is 2. The largest absolute Gasteiger partial charge is 0.369 e. The summed E-state index contributed by atoms with van der Waals surface area (Å²) in [6, 6.07) is 8.45. The van der Waals surface area contributed by atoms with Crippen molar-refractivity contribution >= 4 is 11.5 Å². The van der Waals surface area contributed by atoms with Gasteiger partial charge in [-0.2, -0.15) is 0 Å². The molecule has 0 bridgehead atoms. The van der Waals surface area contributed by atoms with Gasteiger partial charge in [0.2, 0.25) is 0 Å². The van der Waals surface area contributed by atoms with Crippen LogP contribution in [0, 0.1) is 0 Å². The van der Waals surface area contributed by atoms with E-state index < -0.39 is 0 Å². The monoisotopic (exact) mass is 247 g/mol. The third-order valence-electron chi connectivity index (χ3n) is 3.23. The molecule has 18 heavy (non-hydrogen) atoms. The fourth-order valence-electron chi connectivity index (χ4n) is 2.11. The van der Waals surface area contributed by atoms with Gasteiger partial charge in [0, 0.05) is 23.8 Å². The lowest BCUT2D eigenvalue weighted by Crippen LogP contribution is -2.31. The van der Waals surface area contributed by atoms with Gasteiger partial charge >= 0.3 is 0 Å². The number of anilines is 1.